The molecule has 0 bridgehead atoms. The summed E-state index contributed by atoms with van der Waals surface area (Å²) in [5.74, 6) is -1.12. The van der Waals surface area contributed by atoms with Crippen LogP contribution in [0, 0.1) is 11.6 Å². The lowest BCUT2D eigenvalue weighted by molar-refractivity contribution is 0.0573. The van der Waals surface area contributed by atoms with E-state index in [-0.39, 0.29) is 18.2 Å². The number of benzene rings is 1. The van der Waals surface area contributed by atoms with Gasteiger partial charge in [0.05, 0.1) is 12.6 Å². The van der Waals surface area contributed by atoms with Crippen molar-refractivity contribution in [1.82, 2.24) is 19.7 Å². The molecule has 1 N–H and O–H groups in total. The van der Waals surface area contributed by atoms with Crippen molar-refractivity contribution in [3.05, 3.63) is 48.1 Å². The first-order chi connectivity index (χ1) is 11.1. The lowest BCUT2D eigenvalue weighted by Gasteiger charge is -2.36. The third kappa shape index (κ3) is 3.92. The van der Waals surface area contributed by atoms with Crippen LogP contribution in [0.4, 0.5) is 8.78 Å². The number of piperidine rings is 1. The largest absolute Gasteiger partial charge is 0.387 e. The maximum atomic E-state index is 13.8. The monoisotopic (exact) mass is 322 g/mol. The van der Waals surface area contributed by atoms with Gasteiger partial charge in [-0.3, -0.25) is 9.58 Å². The Kier molecular flexibility index (Phi) is 4.97. The molecule has 2 atom stereocenters. The van der Waals surface area contributed by atoms with Gasteiger partial charge in [0.2, 0.25) is 0 Å². The number of hydrogen-bond acceptors (Lipinski definition) is 4. The molecule has 2 aromatic rings. The minimum absolute atomic E-state index is 0.00933. The van der Waals surface area contributed by atoms with Crippen LogP contribution in [0.1, 0.15) is 30.9 Å². The minimum atomic E-state index is -1.05. The molecule has 124 valence electrons. The van der Waals surface area contributed by atoms with E-state index in [1.807, 2.05) is 0 Å². The van der Waals surface area contributed by atoms with E-state index in [2.05, 4.69) is 15.0 Å². The highest BCUT2D eigenvalue weighted by atomic mass is 19.1. The van der Waals surface area contributed by atoms with Crippen molar-refractivity contribution in [3.63, 3.8) is 0 Å². The van der Waals surface area contributed by atoms with E-state index in [0.717, 1.165) is 44.0 Å². The van der Waals surface area contributed by atoms with Gasteiger partial charge < -0.3 is 5.11 Å². The molecule has 2 heterocycles. The molecule has 1 aliphatic rings. The van der Waals surface area contributed by atoms with Crippen LogP contribution in [0.25, 0.3) is 0 Å². The van der Waals surface area contributed by atoms with Crippen LogP contribution in [0.5, 0.6) is 0 Å². The van der Waals surface area contributed by atoms with Crippen LogP contribution >= 0.6 is 0 Å². The van der Waals surface area contributed by atoms with Gasteiger partial charge in [-0.2, -0.15) is 5.10 Å². The SMILES string of the molecule is O[C@H](CN1CCCC[C@H]1Cn1cncn1)c1cc(F)ccc1F. The Morgan fingerprint density at radius 2 is 2.17 bits per heavy atom. The summed E-state index contributed by atoms with van der Waals surface area (Å²) >= 11 is 0. The van der Waals surface area contributed by atoms with E-state index in [0.29, 0.717) is 6.54 Å². The fourth-order valence-electron chi connectivity index (χ4n) is 3.14. The molecule has 0 radical (unpaired) electrons. The predicted molar refractivity (Wildman–Crippen MR) is 80.6 cm³/mol. The number of β-amino-alcohol motifs (C(OH)–C–C–N with tert-alkyl or cyclic N) is 1. The fourth-order valence-corrected chi connectivity index (χ4v) is 3.14. The molecule has 0 saturated carbocycles. The molecule has 0 spiro atoms. The zero-order valence-corrected chi connectivity index (χ0v) is 12.8. The van der Waals surface area contributed by atoms with Gasteiger partial charge in [-0.25, -0.2) is 13.8 Å². The van der Waals surface area contributed by atoms with Crippen molar-refractivity contribution in [3.8, 4) is 0 Å². The summed E-state index contributed by atoms with van der Waals surface area (Å²) in [6, 6.07) is 3.38. The van der Waals surface area contributed by atoms with E-state index < -0.39 is 17.7 Å². The van der Waals surface area contributed by atoms with Crippen molar-refractivity contribution in [1.29, 1.82) is 0 Å². The number of halogens is 2. The molecule has 1 aromatic heterocycles. The minimum Gasteiger partial charge on any atom is -0.387 e. The van der Waals surface area contributed by atoms with Gasteiger partial charge in [0.1, 0.15) is 24.3 Å². The Morgan fingerprint density at radius 3 is 2.96 bits per heavy atom. The summed E-state index contributed by atoms with van der Waals surface area (Å²) in [4.78, 5) is 6.06. The zero-order chi connectivity index (χ0) is 16.2. The highest BCUT2D eigenvalue weighted by Crippen LogP contribution is 2.24. The fraction of sp³-hybridized carbons (Fsp3) is 0.500. The van der Waals surface area contributed by atoms with Gasteiger partial charge in [0, 0.05) is 18.2 Å². The van der Waals surface area contributed by atoms with Crippen molar-refractivity contribution in [2.24, 2.45) is 0 Å². The molecule has 23 heavy (non-hydrogen) atoms. The average Bonchev–Trinajstić information content (AvgIpc) is 3.04. The standard InChI is InChI=1S/C16H20F2N4O/c17-12-4-5-15(18)14(7-12)16(23)9-21-6-2-1-3-13(21)8-22-11-19-10-20-22/h4-5,7,10-11,13,16,23H,1-3,6,8-9H2/t13-,16+/m0/s1. The molecule has 1 aliphatic heterocycles. The number of aromatic nitrogens is 3. The summed E-state index contributed by atoms with van der Waals surface area (Å²) in [6.45, 7) is 1.78. The molecule has 1 aromatic carbocycles. The van der Waals surface area contributed by atoms with E-state index in [1.54, 1.807) is 11.0 Å². The highest BCUT2D eigenvalue weighted by molar-refractivity contribution is 5.21. The number of aliphatic hydroxyl groups is 1. The van der Waals surface area contributed by atoms with Gasteiger partial charge in [-0.05, 0) is 37.6 Å². The maximum absolute atomic E-state index is 13.8. The van der Waals surface area contributed by atoms with Crippen LogP contribution in [0.2, 0.25) is 0 Å². The quantitative estimate of drug-likeness (QED) is 0.916. The van der Waals surface area contributed by atoms with Crippen LogP contribution in [-0.4, -0.2) is 43.9 Å². The second-order valence-electron chi connectivity index (χ2n) is 5.94. The third-order valence-electron chi connectivity index (χ3n) is 4.34. The third-order valence-corrected chi connectivity index (χ3v) is 4.34. The zero-order valence-electron chi connectivity index (χ0n) is 12.8. The van der Waals surface area contributed by atoms with E-state index in [9.17, 15) is 13.9 Å². The Bertz CT molecular complexity index is 635. The molecule has 5 nitrogen and oxygen atoms in total. The number of aliphatic hydroxyl groups excluding tert-OH is 1. The first kappa shape index (κ1) is 16.0. The smallest absolute Gasteiger partial charge is 0.137 e. The van der Waals surface area contributed by atoms with Crippen molar-refractivity contribution >= 4 is 0 Å². The molecule has 0 amide bonds. The highest BCUT2D eigenvalue weighted by Gasteiger charge is 2.26. The lowest BCUT2D eigenvalue weighted by Crippen LogP contribution is -2.44. The van der Waals surface area contributed by atoms with Gasteiger partial charge in [-0.15, -0.1) is 0 Å². The first-order valence-electron chi connectivity index (χ1n) is 7.83. The number of likely N-dealkylation sites (tertiary alicyclic amines) is 1. The van der Waals surface area contributed by atoms with E-state index in [4.69, 9.17) is 0 Å². The van der Waals surface area contributed by atoms with Gasteiger partial charge >= 0.3 is 0 Å². The van der Waals surface area contributed by atoms with Gasteiger partial charge in [0.15, 0.2) is 0 Å². The molecule has 0 unspecified atom stereocenters. The van der Waals surface area contributed by atoms with Crippen LogP contribution in [0.15, 0.2) is 30.9 Å². The number of rotatable bonds is 5. The molecular weight excluding hydrogens is 302 g/mol. The Balaban J connectivity index is 1.69. The first-order valence-corrected chi connectivity index (χ1v) is 7.83. The van der Waals surface area contributed by atoms with Gasteiger partial charge in [-0.1, -0.05) is 6.42 Å². The van der Waals surface area contributed by atoms with Crippen molar-refractivity contribution in [2.75, 3.05) is 13.1 Å². The normalized spacial score (nSPS) is 20.6. The Morgan fingerprint density at radius 1 is 1.30 bits per heavy atom. The van der Waals surface area contributed by atoms with Crippen molar-refractivity contribution < 1.29 is 13.9 Å². The summed E-state index contributed by atoms with van der Waals surface area (Å²) < 4.78 is 28.9. The summed E-state index contributed by atoms with van der Waals surface area (Å²) in [5.41, 5.74) is 0.00933. The summed E-state index contributed by atoms with van der Waals surface area (Å²) in [6.07, 6.45) is 5.23. The van der Waals surface area contributed by atoms with Crippen LogP contribution < -0.4 is 0 Å². The Labute approximate surface area is 133 Å². The average molecular weight is 322 g/mol. The Hall–Kier alpha value is -1.86. The second kappa shape index (κ2) is 7.14. The number of hydrogen-bond donors (Lipinski definition) is 1. The maximum Gasteiger partial charge on any atom is 0.137 e. The van der Waals surface area contributed by atoms with E-state index >= 15 is 0 Å². The molecule has 0 aliphatic carbocycles. The predicted octanol–water partition coefficient (Wildman–Crippen LogP) is 2.14. The van der Waals surface area contributed by atoms with E-state index in [1.165, 1.54) is 6.33 Å². The molecule has 1 saturated heterocycles. The topological polar surface area (TPSA) is 54.2 Å². The van der Waals surface area contributed by atoms with Crippen molar-refractivity contribution in [2.45, 2.75) is 38.0 Å². The van der Waals surface area contributed by atoms with Crippen LogP contribution in [0.3, 0.4) is 0 Å². The lowest BCUT2D eigenvalue weighted by atomic mass is 10.00. The molecule has 7 heteroatoms. The molecule has 3 rings (SSSR count). The second-order valence-corrected chi connectivity index (χ2v) is 5.94. The molecule has 1 fully saturated rings. The number of nitrogens with zero attached hydrogens (tertiary/aromatic N) is 4. The summed E-state index contributed by atoms with van der Waals surface area (Å²) in [7, 11) is 0. The summed E-state index contributed by atoms with van der Waals surface area (Å²) in [5, 5.41) is 14.5. The molecular formula is C16H20F2N4O. The van der Waals surface area contributed by atoms with Gasteiger partial charge in [0.25, 0.3) is 0 Å². The van der Waals surface area contributed by atoms with Crippen LogP contribution in [-0.2, 0) is 6.54 Å².